The van der Waals surface area contributed by atoms with Crippen LogP contribution in [0.4, 0.5) is 4.39 Å². The second-order valence-corrected chi connectivity index (χ2v) is 9.22. The molecule has 4 N–H and O–H groups in total. The van der Waals surface area contributed by atoms with Crippen LogP contribution in [0.1, 0.15) is 12.5 Å². The van der Waals surface area contributed by atoms with E-state index in [-0.39, 0.29) is 28.1 Å². The third-order valence-corrected chi connectivity index (χ3v) is 6.78. The Morgan fingerprint density at radius 1 is 1.35 bits per heavy atom. The number of rotatable bonds is 7. The summed E-state index contributed by atoms with van der Waals surface area (Å²) in [6.07, 6.45) is 6.81. The van der Waals surface area contributed by atoms with Gasteiger partial charge >= 0.3 is 5.69 Å². The van der Waals surface area contributed by atoms with Crippen molar-refractivity contribution in [3.05, 3.63) is 87.6 Å². The third kappa shape index (κ3) is 5.39. The summed E-state index contributed by atoms with van der Waals surface area (Å²) in [6, 6.07) is 7.62. The maximum absolute atomic E-state index is 14.9. The highest BCUT2D eigenvalue weighted by atomic mass is 35.5. The Kier molecular flexibility index (Phi) is 7.97. The molecule has 8 nitrogen and oxygen atoms in total. The minimum absolute atomic E-state index is 0.102. The molecular weight excluding hydrogens is 495 g/mol. The van der Waals surface area contributed by atoms with E-state index in [1.165, 1.54) is 21.3 Å². The van der Waals surface area contributed by atoms with E-state index >= 15 is 0 Å². The Morgan fingerprint density at radius 3 is 2.76 bits per heavy atom. The van der Waals surface area contributed by atoms with Crippen molar-refractivity contribution in [3.8, 4) is 22.6 Å². The number of hydrogen-bond donors (Lipinski definition) is 3. The SMILES string of the molecule is C=N/C(=C\C(=C/C)c1cc(F)cc(-c2ccc(-n3ccn(C)c3=O)c(Cl)c2)c1O)N1CCN[C@H](CN)C1. The summed E-state index contributed by atoms with van der Waals surface area (Å²) in [7, 11) is 1.65. The molecule has 1 saturated heterocycles. The van der Waals surface area contributed by atoms with E-state index in [1.807, 2.05) is 0 Å². The van der Waals surface area contributed by atoms with Gasteiger partial charge in [-0.3, -0.25) is 4.57 Å². The zero-order valence-corrected chi connectivity index (χ0v) is 21.5. The van der Waals surface area contributed by atoms with Crippen LogP contribution in [0, 0.1) is 5.82 Å². The number of nitrogens with zero attached hydrogens (tertiary/aromatic N) is 4. The molecule has 1 aliphatic heterocycles. The highest BCUT2D eigenvalue weighted by Crippen LogP contribution is 2.39. The van der Waals surface area contributed by atoms with Crippen molar-refractivity contribution in [1.29, 1.82) is 0 Å². The van der Waals surface area contributed by atoms with Gasteiger partial charge in [0.25, 0.3) is 0 Å². The molecule has 2 heterocycles. The van der Waals surface area contributed by atoms with Crippen LogP contribution in [-0.2, 0) is 7.05 Å². The predicted molar refractivity (Wildman–Crippen MR) is 147 cm³/mol. The number of halogens is 2. The highest BCUT2D eigenvalue weighted by molar-refractivity contribution is 6.32. The van der Waals surface area contributed by atoms with Crippen LogP contribution in [0.3, 0.4) is 0 Å². The van der Waals surface area contributed by atoms with Gasteiger partial charge in [0.15, 0.2) is 0 Å². The molecule has 0 unspecified atom stereocenters. The van der Waals surface area contributed by atoms with E-state index in [1.54, 1.807) is 56.7 Å². The van der Waals surface area contributed by atoms with E-state index in [4.69, 9.17) is 17.3 Å². The summed E-state index contributed by atoms with van der Waals surface area (Å²) < 4.78 is 17.7. The number of aromatic hydroxyl groups is 1. The largest absolute Gasteiger partial charge is 0.507 e. The zero-order valence-electron chi connectivity index (χ0n) is 20.8. The summed E-state index contributed by atoms with van der Waals surface area (Å²) in [5.41, 5.74) is 7.74. The van der Waals surface area contributed by atoms with E-state index in [9.17, 15) is 14.3 Å². The Labute approximate surface area is 219 Å². The Morgan fingerprint density at radius 2 is 2.14 bits per heavy atom. The average molecular weight is 525 g/mol. The van der Waals surface area contributed by atoms with Gasteiger partial charge < -0.3 is 25.6 Å². The molecule has 0 aliphatic carbocycles. The van der Waals surface area contributed by atoms with Crippen LogP contribution in [0.15, 0.2) is 70.5 Å². The van der Waals surface area contributed by atoms with Gasteiger partial charge in [-0.25, -0.2) is 14.2 Å². The molecule has 0 saturated carbocycles. The molecule has 1 fully saturated rings. The van der Waals surface area contributed by atoms with Crippen molar-refractivity contribution in [3.63, 3.8) is 0 Å². The van der Waals surface area contributed by atoms with Gasteiger partial charge in [0.05, 0.1) is 10.7 Å². The van der Waals surface area contributed by atoms with Gasteiger partial charge in [0.2, 0.25) is 0 Å². The molecule has 194 valence electrons. The molecule has 3 aromatic rings. The fraction of sp³-hybridized carbons (Fsp3) is 0.259. The van der Waals surface area contributed by atoms with E-state index in [2.05, 4.69) is 21.9 Å². The first-order valence-electron chi connectivity index (χ1n) is 11.9. The van der Waals surface area contributed by atoms with Crippen LogP contribution in [0.5, 0.6) is 5.75 Å². The monoisotopic (exact) mass is 524 g/mol. The molecule has 4 rings (SSSR count). The fourth-order valence-corrected chi connectivity index (χ4v) is 4.71. The topological polar surface area (TPSA) is 101 Å². The number of aliphatic imine (C=N–C) groups is 1. The number of aromatic nitrogens is 2. The Balaban J connectivity index is 1.73. The molecular formula is C27H30ClFN6O2. The second-order valence-electron chi connectivity index (χ2n) is 8.81. The number of allylic oxidation sites excluding steroid dienone is 3. The van der Waals surface area contributed by atoms with Crippen molar-refractivity contribution in [2.24, 2.45) is 17.8 Å². The van der Waals surface area contributed by atoms with Crippen molar-refractivity contribution in [2.75, 3.05) is 26.2 Å². The highest BCUT2D eigenvalue weighted by Gasteiger charge is 2.21. The smallest absolute Gasteiger partial charge is 0.332 e. The summed E-state index contributed by atoms with van der Waals surface area (Å²) in [5, 5.41) is 14.9. The lowest BCUT2D eigenvalue weighted by molar-refractivity contribution is 0.248. The molecule has 37 heavy (non-hydrogen) atoms. The van der Waals surface area contributed by atoms with Crippen LogP contribution < -0.4 is 16.7 Å². The summed E-state index contributed by atoms with van der Waals surface area (Å²) in [4.78, 5) is 18.6. The van der Waals surface area contributed by atoms with Gasteiger partial charge in [0, 0.05) is 62.8 Å². The number of phenolic OH excluding ortho intramolecular Hbond substituents is 1. The summed E-state index contributed by atoms with van der Waals surface area (Å²) in [6.45, 7) is 8.13. The van der Waals surface area contributed by atoms with Crippen molar-refractivity contribution in [2.45, 2.75) is 13.0 Å². The number of piperazine rings is 1. The lowest BCUT2D eigenvalue weighted by Crippen LogP contribution is -2.52. The van der Waals surface area contributed by atoms with Crippen LogP contribution in [-0.4, -0.2) is 58.1 Å². The van der Waals surface area contributed by atoms with E-state index < -0.39 is 5.82 Å². The summed E-state index contributed by atoms with van der Waals surface area (Å²) in [5.74, 6) is -0.0116. The number of phenols is 1. The minimum Gasteiger partial charge on any atom is -0.507 e. The molecule has 1 aliphatic rings. The standard InChI is InChI=1S/C27H30ClFN6O2/c1-4-17(12-25(31-2)34-8-7-32-20(15-30)16-34)21-13-19(29)14-22(26(21)36)18-5-6-24(23(28)11-18)35-10-9-33(3)27(35)37/h4-6,9-14,20,32,36H,2,7-8,15-16,30H2,1,3H3/b17-4+,25-12+/t20-/m1/s1. The lowest BCUT2D eigenvalue weighted by Gasteiger charge is -2.34. The number of imidazole rings is 1. The molecule has 2 aromatic carbocycles. The average Bonchev–Trinajstić information content (AvgIpc) is 3.23. The van der Waals surface area contributed by atoms with Crippen molar-refractivity contribution in [1.82, 2.24) is 19.4 Å². The second kappa shape index (κ2) is 11.2. The Bertz CT molecular complexity index is 1440. The maximum atomic E-state index is 14.9. The number of nitrogens with two attached hydrogens (primary N) is 1. The molecule has 0 spiro atoms. The first-order chi connectivity index (χ1) is 17.8. The number of aryl methyl sites for hydroxylation is 1. The zero-order chi connectivity index (χ0) is 26.7. The third-order valence-electron chi connectivity index (χ3n) is 6.47. The van der Waals surface area contributed by atoms with Gasteiger partial charge in [-0.05, 0) is 55.1 Å². The number of benzene rings is 2. The lowest BCUT2D eigenvalue weighted by atomic mass is 9.96. The minimum atomic E-state index is -0.520. The number of hydrogen-bond acceptors (Lipinski definition) is 6. The van der Waals surface area contributed by atoms with Crippen LogP contribution >= 0.6 is 11.6 Å². The van der Waals surface area contributed by atoms with E-state index in [0.29, 0.717) is 47.8 Å². The molecule has 1 atom stereocenters. The van der Waals surface area contributed by atoms with Gasteiger partial charge in [-0.1, -0.05) is 23.7 Å². The van der Waals surface area contributed by atoms with Crippen molar-refractivity contribution >= 4 is 23.9 Å². The quantitative estimate of drug-likeness (QED) is 0.324. The van der Waals surface area contributed by atoms with Crippen LogP contribution in [0.25, 0.3) is 22.4 Å². The predicted octanol–water partition coefficient (Wildman–Crippen LogP) is 3.52. The van der Waals surface area contributed by atoms with Crippen LogP contribution in [0.2, 0.25) is 5.02 Å². The fourth-order valence-electron chi connectivity index (χ4n) is 4.44. The first-order valence-corrected chi connectivity index (χ1v) is 12.3. The molecule has 1 aromatic heterocycles. The number of nitrogens with one attached hydrogen (secondary N) is 1. The molecule has 10 heteroatoms. The maximum Gasteiger partial charge on any atom is 0.332 e. The van der Waals surface area contributed by atoms with E-state index in [0.717, 1.165) is 6.54 Å². The Hall–Kier alpha value is -3.66. The van der Waals surface area contributed by atoms with Crippen molar-refractivity contribution < 1.29 is 9.50 Å². The molecule has 0 amide bonds. The molecule has 0 radical (unpaired) electrons. The van der Waals surface area contributed by atoms with Gasteiger partial charge in [-0.15, -0.1) is 0 Å². The van der Waals surface area contributed by atoms with Gasteiger partial charge in [0.1, 0.15) is 17.4 Å². The normalized spacial score (nSPS) is 16.8. The summed E-state index contributed by atoms with van der Waals surface area (Å²) >= 11 is 6.51. The van der Waals surface area contributed by atoms with Gasteiger partial charge in [-0.2, -0.15) is 0 Å². The molecule has 0 bridgehead atoms. The first kappa shape index (κ1) is 26.4.